The Morgan fingerprint density at radius 2 is 0.754 bits per heavy atom. The third kappa shape index (κ3) is 41.6. The molecule has 0 saturated heterocycles. The van der Waals surface area contributed by atoms with E-state index in [9.17, 15) is 20.4 Å². The quantitative estimate of drug-likeness (QED) is 0.0570. The van der Waals surface area contributed by atoms with Crippen LogP contribution >= 0.6 is 0 Å². The number of aliphatic hydroxyl groups is 1. The number of oxime groups is 4. The van der Waals surface area contributed by atoms with Crippen LogP contribution in [0.1, 0.15) is 56.9 Å². The first-order valence-electron chi connectivity index (χ1n) is 17.4. The Hall–Kier alpha value is -4.85. The van der Waals surface area contributed by atoms with Gasteiger partial charge in [-0.15, -0.1) is 11.5 Å². The molecule has 0 saturated carbocycles. The molecule has 0 atom stereocenters. The molecule has 0 aliphatic carbocycles. The van der Waals surface area contributed by atoms with Crippen LogP contribution in [0, 0.1) is 38.2 Å². The topological polar surface area (TPSA) is 378 Å². The van der Waals surface area contributed by atoms with Gasteiger partial charge in [-0.2, -0.15) is 0 Å². The van der Waals surface area contributed by atoms with E-state index in [1.54, 1.807) is 36.4 Å². The number of carboxylic acids is 3. The zero-order valence-electron chi connectivity index (χ0n) is 37.1. The summed E-state index contributed by atoms with van der Waals surface area (Å²) in [7, 11) is 3.79. The van der Waals surface area contributed by atoms with Crippen molar-refractivity contribution in [3.63, 3.8) is 0 Å². The van der Waals surface area contributed by atoms with Crippen LogP contribution in [0.5, 0.6) is 34.5 Å². The number of para-hydroxylation sites is 2. The molecule has 0 heterocycles. The van der Waals surface area contributed by atoms with Gasteiger partial charge in [-0.05, 0) is 69.0 Å². The molecule has 0 aromatic heterocycles. The number of carbonyl (C=O) groups is 3. The van der Waals surface area contributed by atoms with E-state index in [0.717, 1.165) is 53.5 Å². The van der Waals surface area contributed by atoms with Crippen molar-refractivity contribution >= 4 is 42.8 Å². The molecule has 0 amide bonds. The van der Waals surface area contributed by atoms with Crippen molar-refractivity contribution in [3.05, 3.63) is 70.8 Å². The van der Waals surface area contributed by atoms with E-state index in [4.69, 9.17) is 68.4 Å². The number of carbonyl (C=O) groups excluding carboxylic acids is 3. The molecule has 3 N–H and O–H groups in total. The summed E-state index contributed by atoms with van der Waals surface area (Å²) in [6.07, 6.45) is 4.71. The predicted molar refractivity (Wildman–Crippen MR) is 210 cm³/mol. The normalized spacial score (nSPS) is 9.31. The van der Waals surface area contributed by atoms with Crippen molar-refractivity contribution in [1.82, 2.24) is 0 Å². The van der Waals surface area contributed by atoms with Gasteiger partial charge in [0.05, 0.1) is 39.1 Å². The number of aliphatic hydroxyl groups excluding tert-OH is 1. The van der Waals surface area contributed by atoms with Crippen molar-refractivity contribution in [2.24, 2.45) is 20.6 Å². The minimum Gasteiger partial charge on any atom is -0.872 e. The van der Waals surface area contributed by atoms with Gasteiger partial charge in [-0.25, -0.2) is 0 Å². The van der Waals surface area contributed by atoms with E-state index in [-0.39, 0.29) is 143 Å². The second kappa shape index (κ2) is 50.2. The van der Waals surface area contributed by atoms with Crippen LogP contribution in [-0.2, 0) is 77.4 Å². The predicted octanol–water partition coefficient (Wildman–Crippen LogP) is -3.11. The van der Waals surface area contributed by atoms with Crippen LogP contribution in [0.4, 0.5) is 0 Å². The van der Waals surface area contributed by atoms with Gasteiger partial charge in [0, 0.05) is 38.2 Å². The molecule has 0 aliphatic heterocycles. The first kappa shape index (κ1) is 74.5. The van der Waals surface area contributed by atoms with E-state index in [0.29, 0.717) is 11.1 Å². The number of nitrogens with zero attached hydrogens (tertiary/aromatic N) is 4. The molecule has 26 heteroatoms. The Kier molecular flexibility index (Phi) is 57.5. The summed E-state index contributed by atoms with van der Waals surface area (Å²) in [5.41, 5.74) is 0.624. The largest absolute Gasteiger partial charge is 3.00 e. The maximum Gasteiger partial charge on any atom is 3.00 e. The van der Waals surface area contributed by atoms with Crippen LogP contribution in [0.2, 0.25) is 0 Å². The number of ether oxygens (including phenoxy) is 3. The molecule has 0 aliphatic rings. The first-order chi connectivity index (χ1) is 29.1. The van der Waals surface area contributed by atoms with Gasteiger partial charge in [0.15, 0.2) is 26.4 Å². The molecule has 0 fully saturated rings. The molecular weight excluding hydrogens is 1120 g/mol. The average molecular weight is 1170 g/mol. The maximum absolute atomic E-state index is 12.3. The summed E-state index contributed by atoms with van der Waals surface area (Å²) in [5.74, 6) is -5.09. The Balaban J connectivity index is -0.000000249. The first-order valence-corrected chi connectivity index (χ1v) is 17.4. The molecule has 23 nitrogen and oxygen atoms in total. The SMILES string of the molecule is CC(=O)[O-].CC(=O)[O-].CC(=O)[O-].CCOCC.CO.COc1cccc(/C=N/OCCO/N=C/c2ccc(/C=N/OCCO/N=C/c3cccc(OC)c3[O-])c([O-])c2[O-])c1[O-].O.[Dy+3].[Zn+2].[Zn+2]. The summed E-state index contributed by atoms with van der Waals surface area (Å²) in [4.78, 5) is 46.7. The van der Waals surface area contributed by atoms with Gasteiger partial charge >= 0.3 is 77.1 Å². The van der Waals surface area contributed by atoms with Crippen molar-refractivity contribution < 1.29 is 171 Å². The third-order valence-corrected chi connectivity index (χ3v) is 5.64. The van der Waals surface area contributed by atoms with Crippen LogP contribution in [0.3, 0.4) is 0 Å². The van der Waals surface area contributed by atoms with Crippen molar-refractivity contribution in [2.45, 2.75) is 34.6 Å². The minimum atomic E-state index is -1.08. The fourth-order valence-corrected chi connectivity index (χ4v) is 3.33. The standard InChI is InChI=1S/C28H30N4O10.C4H10O.3C2H4O2.CH4O.Dy.H2O.2Zn/c1-37-23-7-3-5-19(25(23)33)15-29-39-11-13-41-31-17-21-9-10-22(28(36)27(21)35)18-32-42-14-12-40-30-16-20-6-4-8-24(38-2)26(20)34;1-3-5-4-2;3*1-2(3)4;1-2;;;;/h3-10,15-18,33-36H,11-14H2,1-2H3;3-4H2,1-2H3;3*1H3,(H,3,4);2H,1H3;;1H2;;/q;;;;;;+3;;2*+2/p-7/b29-15+,30-16+,31-17+,32-18+;;;;;;;;;. The molecule has 0 bridgehead atoms. The average Bonchev–Trinajstić information content (AvgIpc) is 3.21. The van der Waals surface area contributed by atoms with Gasteiger partial charge in [0.25, 0.3) is 0 Å². The summed E-state index contributed by atoms with van der Waals surface area (Å²) < 4.78 is 14.7. The molecule has 1 radical (unpaired) electrons. The number of benzene rings is 3. The number of rotatable bonds is 18. The summed E-state index contributed by atoms with van der Waals surface area (Å²) in [5, 5.41) is 96.9. The molecule has 3 rings (SSSR count). The minimum absolute atomic E-state index is 0. The van der Waals surface area contributed by atoms with E-state index in [2.05, 4.69) is 20.6 Å². The van der Waals surface area contributed by atoms with Gasteiger partial charge in [-0.3, -0.25) is 0 Å². The van der Waals surface area contributed by atoms with Gasteiger partial charge < -0.3 is 94.3 Å². The number of hydrogen-bond donors (Lipinski definition) is 1. The van der Waals surface area contributed by atoms with Gasteiger partial charge in [0.2, 0.25) is 0 Å². The summed E-state index contributed by atoms with van der Waals surface area (Å²) in [6, 6.07) is 12.3. The number of aliphatic carboxylic acids is 3. The van der Waals surface area contributed by atoms with E-state index in [1.807, 2.05) is 13.8 Å². The Morgan fingerprint density at radius 3 is 0.954 bits per heavy atom. The Morgan fingerprint density at radius 1 is 0.523 bits per heavy atom. The van der Waals surface area contributed by atoms with Crippen molar-refractivity contribution in [2.75, 3.05) is 61.0 Å². The van der Waals surface area contributed by atoms with Gasteiger partial charge in [0.1, 0.15) is 11.5 Å². The monoisotopic (exact) mass is 1170 g/mol. The molecule has 3 aromatic rings. The fourth-order valence-electron chi connectivity index (χ4n) is 3.33. The zero-order valence-corrected chi connectivity index (χ0v) is 45.0. The summed E-state index contributed by atoms with van der Waals surface area (Å²) >= 11 is 0. The van der Waals surface area contributed by atoms with Crippen molar-refractivity contribution in [1.29, 1.82) is 0 Å². The van der Waals surface area contributed by atoms with E-state index in [1.165, 1.54) is 38.8 Å². The molecule has 65 heavy (non-hydrogen) atoms. The number of methoxy groups -OCH3 is 2. The molecule has 0 spiro atoms. The number of hydrogen-bond acceptors (Lipinski definition) is 22. The molecular formula is C39H51DyN4O19Zn2. The van der Waals surface area contributed by atoms with Crippen LogP contribution in [0.15, 0.2) is 69.2 Å². The van der Waals surface area contributed by atoms with Crippen LogP contribution in [0.25, 0.3) is 0 Å². The van der Waals surface area contributed by atoms with Crippen molar-refractivity contribution in [3.8, 4) is 34.5 Å². The van der Waals surface area contributed by atoms with E-state index < -0.39 is 29.4 Å². The summed E-state index contributed by atoms with van der Waals surface area (Å²) in [6.45, 7) is 8.59. The van der Waals surface area contributed by atoms with Crippen LogP contribution in [-0.4, -0.2) is 114 Å². The molecule has 355 valence electrons. The maximum atomic E-state index is 12.3. The second-order valence-electron chi connectivity index (χ2n) is 10.2. The zero-order chi connectivity index (χ0) is 47.0. The molecule has 3 aromatic carbocycles. The molecule has 0 unspecified atom stereocenters. The van der Waals surface area contributed by atoms with E-state index >= 15 is 0 Å². The second-order valence-corrected chi connectivity index (χ2v) is 10.2. The Labute approximate surface area is 432 Å². The number of carboxylic acid groups (broad SMARTS) is 3. The van der Waals surface area contributed by atoms with Gasteiger partial charge in [-0.1, -0.05) is 68.5 Å². The Bertz CT molecular complexity index is 1660. The smallest absolute Gasteiger partial charge is 0.872 e. The van der Waals surface area contributed by atoms with Crippen LogP contribution < -0.4 is 45.2 Å². The third-order valence-electron chi connectivity index (χ3n) is 5.64. The fraction of sp³-hybridized carbons (Fsp3) is 0.359.